The molecule has 0 saturated carbocycles. The van der Waals surface area contributed by atoms with Crippen LogP contribution in [0.5, 0.6) is 0 Å². The molecule has 1 rings (SSSR count). The second-order valence-electron chi connectivity index (χ2n) is 3.07. The maximum absolute atomic E-state index is 10.7. The highest BCUT2D eigenvalue weighted by Crippen LogP contribution is 2.16. The molecule has 5 N–H and O–H groups in total. The van der Waals surface area contributed by atoms with Crippen LogP contribution in [0.2, 0.25) is 0 Å². The highest BCUT2D eigenvalue weighted by molar-refractivity contribution is 8.14. The number of hydrazone groups is 1. The molecule has 1 aromatic carbocycles. The van der Waals surface area contributed by atoms with Gasteiger partial charge in [0.1, 0.15) is 0 Å². The van der Waals surface area contributed by atoms with E-state index >= 15 is 0 Å². The smallest absolute Gasteiger partial charge is 0.335 e. The fourth-order valence-corrected chi connectivity index (χ4v) is 1.75. The summed E-state index contributed by atoms with van der Waals surface area (Å²) in [4.78, 5) is 10.7. The third-order valence-corrected chi connectivity index (χ3v) is 2.83. The summed E-state index contributed by atoms with van der Waals surface area (Å²) < 4.78 is 0. The maximum Gasteiger partial charge on any atom is 0.335 e. The van der Waals surface area contributed by atoms with Gasteiger partial charge in [-0.2, -0.15) is 5.10 Å². The molecule has 0 aliphatic rings. The van der Waals surface area contributed by atoms with E-state index in [-0.39, 0.29) is 5.56 Å². The fourth-order valence-electron chi connectivity index (χ4n) is 1.17. The number of anilines is 1. The SMILES string of the molecule is CCS/C(=N/N)N(N)c1ccc(C(=O)O)cc1. The number of carboxylic acid groups (broad SMARTS) is 1. The van der Waals surface area contributed by atoms with Gasteiger partial charge in [-0.15, -0.1) is 0 Å². The molecule has 0 heterocycles. The number of hydrazine groups is 1. The third kappa shape index (κ3) is 3.36. The maximum atomic E-state index is 10.7. The van der Waals surface area contributed by atoms with Crippen LogP contribution in [-0.2, 0) is 0 Å². The molecule has 0 fully saturated rings. The van der Waals surface area contributed by atoms with E-state index in [2.05, 4.69) is 5.10 Å². The van der Waals surface area contributed by atoms with E-state index < -0.39 is 5.97 Å². The molecule has 0 aromatic heterocycles. The van der Waals surface area contributed by atoms with Crippen molar-refractivity contribution in [3.05, 3.63) is 29.8 Å². The molecule has 0 amide bonds. The molecule has 17 heavy (non-hydrogen) atoms. The van der Waals surface area contributed by atoms with Crippen molar-refractivity contribution in [1.29, 1.82) is 0 Å². The summed E-state index contributed by atoms with van der Waals surface area (Å²) in [6.45, 7) is 1.96. The van der Waals surface area contributed by atoms with E-state index in [4.69, 9.17) is 16.8 Å². The fraction of sp³-hybridized carbons (Fsp3) is 0.200. The Balaban J connectivity index is 2.89. The third-order valence-electron chi connectivity index (χ3n) is 1.98. The van der Waals surface area contributed by atoms with Crippen molar-refractivity contribution in [3.63, 3.8) is 0 Å². The molecule has 0 unspecified atom stereocenters. The van der Waals surface area contributed by atoms with Gasteiger partial charge in [-0.25, -0.2) is 10.6 Å². The number of amidine groups is 1. The number of benzene rings is 1. The average molecular weight is 254 g/mol. The van der Waals surface area contributed by atoms with Gasteiger partial charge in [0.05, 0.1) is 11.3 Å². The predicted molar refractivity (Wildman–Crippen MR) is 69.8 cm³/mol. The Morgan fingerprint density at radius 3 is 2.47 bits per heavy atom. The molecule has 92 valence electrons. The van der Waals surface area contributed by atoms with Crippen LogP contribution in [-0.4, -0.2) is 22.0 Å². The van der Waals surface area contributed by atoms with Crippen LogP contribution in [0.25, 0.3) is 0 Å². The Bertz CT molecular complexity index is 419. The minimum atomic E-state index is -0.976. The Morgan fingerprint density at radius 2 is 2.06 bits per heavy atom. The van der Waals surface area contributed by atoms with E-state index in [0.29, 0.717) is 10.9 Å². The molecule has 0 bridgehead atoms. The lowest BCUT2D eigenvalue weighted by atomic mass is 10.2. The first-order valence-corrected chi connectivity index (χ1v) is 5.87. The average Bonchev–Trinajstić information content (AvgIpc) is 2.35. The topological polar surface area (TPSA) is 105 Å². The van der Waals surface area contributed by atoms with Crippen molar-refractivity contribution in [2.24, 2.45) is 16.8 Å². The summed E-state index contributed by atoms with van der Waals surface area (Å²) in [5.74, 6) is 10.9. The highest BCUT2D eigenvalue weighted by atomic mass is 32.2. The molecule has 7 heteroatoms. The second-order valence-corrected chi connectivity index (χ2v) is 4.30. The number of carboxylic acids is 1. The summed E-state index contributed by atoms with van der Waals surface area (Å²) in [6.07, 6.45) is 0. The molecule has 0 aliphatic carbocycles. The van der Waals surface area contributed by atoms with Gasteiger partial charge < -0.3 is 10.9 Å². The molecule has 0 radical (unpaired) electrons. The Kier molecular flexibility index (Phi) is 4.80. The van der Waals surface area contributed by atoms with E-state index in [9.17, 15) is 4.79 Å². The number of nitrogens with two attached hydrogens (primary N) is 2. The minimum Gasteiger partial charge on any atom is -0.478 e. The van der Waals surface area contributed by atoms with E-state index in [1.54, 1.807) is 12.1 Å². The van der Waals surface area contributed by atoms with Crippen molar-refractivity contribution < 1.29 is 9.90 Å². The number of nitrogens with zero attached hydrogens (tertiary/aromatic N) is 2. The van der Waals surface area contributed by atoms with Crippen LogP contribution in [0.3, 0.4) is 0 Å². The van der Waals surface area contributed by atoms with Crippen molar-refractivity contribution in [2.45, 2.75) is 6.92 Å². The quantitative estimate of drug-likeness (QED) is 0.322. The van der Waals surface area contributed by atoms with Crippen molar-refractivity contribution >= 4 is 28.6 Å². The molecule has 0 atom stereocenters. The number of hydrogen-bond acceptors (Lipinski definition) is 5. The molecule has 6 nitrogen and oxygen atoms in total. The van der Waals surface area contributed by atoms with Crippen molar-refractivity contribution in [3.8, 4) is 0 Å². The van der Waals surface area contributed by atoms with Gasteiger partial charge in [0.25, 0.3) is 0 Å². The lowest BCUT2D eigenvalue weighted by molar-refractivity contribution is 0.0697. The first-order valence-electron chi connectivity index (χ1n) is 4.89. The van der Waals surface area contributed by atoms with Gasteiger partial charge in [0, 0.05) is 0 Å². The first kappa shape index (κ1) is 13.3. The van der Waals surface area contributed by atoms with Gasteiger partial charge in [0.15, 0.2) is 0 Å². The van der Waals surface area contributed by atoms with E-state index in [1.807, 2.05) is 6.92 Å². The summed E-state index contributed by atoms with van der Waals surface area (Å²) in [5.41, 5.74) is 0.830. The van der Waals surface area contributed by atoms with Crippen LogP contribution in [0.15, 0.2) is 29.4 Å². The summed E-state index contributed by atoms with van der Waals surface area (Å²) in [5, 5.41) is 14.1. The lowest BCUT2D eigenvalue weighted by Crippen LogP contribution is -2.36. The van der Waals surface area contributed by atoms with Crippen LogP contribution in [0.4, 0.5) is 5.69 Å². The standard InChI is InChI=1S/C10H14N4O2S/c1-2-17-10(13-11)14(12)8-5-3-7(4-6-8)9(15)16/h3-6H,2,11-12H2,1H3,(H,15,16)/b13-10+. The van der Waals surface area contributed by atoms with E-state index in [1.165, 1.54) is 28.9 Å². The predicted octanol–water partition coefficient (Wildman–Crippen LogP) is 1.05. The zero-order chi connectivity index (χ0) is 12.8. The Hall–Kier alpha value is -1.73. The largest absolute Gasteiger partial charge is 0.478 e. The number of thioether (sulfide) groups is 1. The van der Waals surface area contributed by atoms with Crippen LogP contribution in [0.1, 0.15) is 17.3 Å². The Morgan fingerprint density at radius 1 is 1.47 bits per heavy atom. The van der Waals surface area contributed by atoms with Gasteiger partial charge >= 0.3 is 5.97 Å². The van der Waals surface area contributed by atoms with Crippen molar-refractivity contribution in [2.75, 3.05) is 10.8 Å². The summed E-state index contributed by atoms with van der Waals surface area (Å²) >= 11 is 1.40. The molecular weight excluding hydrogens is 240 g/mol. The molecule has 0 saturated heterocycles. The monoisotopic (exact) mass is 254 g/mol. The molecule has 0 spiro atoms. The molecule has 0 aliphatic heterocycles. The Labute approximate surface area is 103 Å². The van der Waals surface area contributed by atoms with Crippen LogP contribution >= 0.6 is 11.8 Å². The first-order chi connectivity index (χ1) is 8.10. The van der Waals surface area contributed by atoms with Gasteiger partial charge in [-0.1, -0.05) is 18.7 Å². The highest BCUT2D eigenvalue weighted by Gasteiger charge is 2.10. The number of aromatic carboxylic acids is 1. The number of hydrogen-bond donors (Lipinski definition) is 3. The van der Waals surface area contributed by atoms with Gasteiger partial charge in [-0.3, -0.25) is 5.01 Å². The molecule has 1 aromatic rings. The van der Waals surface area contributed by atoms with Crippen molar-refractivity contribution in [1.82, 2.24) is 0 Å². The van der Waals surface area contributed by atoms with Gasteiger partial charge in [0.2, 0.25) is 5.17 Å². The van der Waals surface area contributed by atoms with Crippen LogP contribution in [0, 0.1) is 0 Å². The summed E-state index contributed by atoms with van der Waals surface area (Å²) in [6, 6.07) is 6.15. The summed E-state index contributed by atoms with van der Waals surface area (Å²) in [7, 11) is 0. The van der Waals surface area contributed by atoms with Gasteiger partial charge in [-0.05, 0) is 30.0 Å². The van der Waals surface area contributed by atoms with E-state index in [0.717, 1.165) is 5.75 Å². The van der Waals surface area contributed by atoms with Crippen LogP contribution < -0.4 is 16.7 Å². The zero-order valence-electron chi connectivity index (χ0n) is 9.33. The number of carbonyl (C=O) groups is 1. The minimum absolute atomic E-state index is 0.205. The normalized spacial score (nSPS) is 11.3. The number of rotatable bonds is 3. The lowest BCUT2D eigenvalue weighted by Gasteiger charge is -2.18. The molecular formula is C10H14N4O2S. The zero-order valence-corrected chi connectivity index (χ0v) is 10.1. The second kappa shape index (κ2) is 6.12.